The number of carboxylic acids is 1. The summed E-state index contributed by atoms with van der Waals surface area (Å²) in [5, 5.41) is 18.7. The average molecular weight is 402 g/mol. The second-order valence-electron chi connectivity index (χ2n) is 6.34. The molecule has 11 nitrogen and oxygen atoms in total. The lowest BCUT2D eigenvalue weighted by atomic mass is 9.99. The third kappa shape index (κ3) is 2.78. The van der Waals surface area contributed by atoms with Gasteiger partial charge >= 0.3 is 5.97 Å². The summed E-state index contributed by atoms with van der Waals surface area (Å²) in [6, 6.07) is 1.67. The van der Waals surface area contributed by atoms with E-state index in [4.69, 9.17) is 5.21 Å². The number of fused-ring (bicyclic) bond motifs is 1. The summed E-state index contributed by atoms with van der Waals surface area (Å²) < 4.78 is 5.36. The fraction of sp³-hybridized carbons (Fsp3) is 0.250. The van der Waals surface area contributed by atoms with E-state index in [0.29, 0.717) is 29.6 Å². The van der Waals surface area contributed by atoms with Crippen LogP contribution in [0.1, 0.15) is 15.9 Å². The summed E-state index contributed by atoms with van der Waals surface area (Å²) in [5.74, 6) is -1.63. The number of nitrogens with one attached hydrogen (secondary N) is 1. The van der Waals surface area contributed by atoms with Crippen molar-refractivity contribution in [2.75, 3.05) is 18.0 Å². The molecule has 0 aliphatic carbocycles. The SMILES string of the molecule is Cc1cc(N2CC(C(=O)NO)C2)nc2c1c(=O)c(C(=O)O)cn2-c1ncns1. The highest BCUT2D eigenvalue weighted by Crippen LogP contribution is 2.28. The van der Waals surface area contributed by atoms with Crippen LogP contribution < -0.4 is 15.8 Å². The van der Waals surface area contributed by atoms with Crippen LogP contribution in [0.4, 0.5) is 5.82 Å². The maximum Gasteiger partial charge on any atom is 0.341 e. The number of amides is 1. The van der Waals surface area contributed by atoms with E-state index in [2.05, 4.69) is 14.3 Å². The molecule has 4 rings (SSSR count). The van der Waals surface area contributed by atoms with Gasteiger partial charge in [0.05, 0.1) is 11.3 Å². The Morgan fingerprint density at radius 2 is 2.11 bits per heavy atom. The molecule has 0 radical (unpaired) electrons. The van der Waals surface area contributed by atoms with E-state index in [1.54, 1.807) is 18.5 Å². The van der Waals surface area contributed by atoms with Gasteiger partial charge in [-0.15, -0.1) is 0 Å². The van der Waals surface area contributed by atoms with Crippen molar-refractivity contribution < 1.29 is 19.9 Å². The highest BCUT2D eigenvalue weighted by Gasteiger charge is 2.34. The number of carbonyl (C=O) groups is 2. The molecule has 1 saturated heterocycles. The van der Waals surface area contributed by atoms with Gasteiger partial charge in [-0.25, -0.2) is 20.2 Å². The lowest BCUT2D eigenvalue weighted by Gasteiger charge is -2.38. The Hall–Kier alpha value is -3.38. The highest BCUT2D eigenvalue weighted by atomic mass is 32.1. The standard InChI is InChI=1S/C16H14N6O5S/c1-7-2-10(21-3-8(4-21)14(24)20-27)19-13-11(7)12(23)9(15(25)26)5-22(13)16-17-6-18-28-16/h2,5-6,8,27H,3-4H2,1H3,(H,20,24)(H,25,26). The molecule has 0 aromatic carbocycles. The largest absolute Gasteiger partial charge is 0.477 e. The monoisotopic (exact) mass is 402 g/mol. The number of carboxylic acid groups (broad SMARTS) is 1. The van der Waals surface area contributed by atoms with Crippen LogP contribution >= 0.6 is 11.5 Å². The molecule has 3 aromatic rings. The van der Waals surface area contributed by atoms with Gasteiger partial charge in [-0.3, -0.25) is 19.4 Å². The Balaban J connectivity index is 1.88. The van der Waals surface area contributed by atoms with Crippen LogP contribution in [-0.4, -0.2) is 54.2 Å². The van der Waals surface area contributed by atoms with Crippen molar-refractivity contribution in [1.29, 1.82) is 0 Å². The number of aromatic carboxylic acids is 1. The fourth-order valence-electron chi connectivity index (χ4n) is 3.13. The van der Waals surface area contributed by atoms with Gasteiger partial charge in [0.25, 0.3) is 0 Å². The number of anilines is 1. The van der Waals surface area contributed by atoms with Crippen LogP contribution in [0, 0.1) is 12.8 Å². The van der Waals surface area contributed by atoms with Crippen LogP contribution in [0.2, 0.25) is 0 Å². The molecule has 0 spiro atoms. The predicted molar refractivity (Wildman–Crippen MR) is 98.1 cm³/mol. The molecular formula is C16H14N6O5S. The van der Waals surface area contributed by atoms with Gasteiger partial charge in [-0.05, 0) is 18.6 Å². The number of hydroxylamine groups is 1. The zero-order valence-electron chi connectivity index (χ0n) is 14.5. The molecule has 28 heavy (non-hydrogen) atoms. The number of carbonyl (C=O) groups excluding carboxylic acids is 1. The zero-order valence-corrected chi connectivity index (χ0v) is 15.3. The molecule has 144 valence electrons. The van der Waals surface area contributed by atoms with Crippen LogP contribution in [0.15, 0.2) is 23.4 Å². The number of pyridine rings is 2. The van der Waals surface area contributed by atoms with E-state index < -0.39 is 17.3 Å². The van der Waals surface area contributed by atoms with Crippen molar-refractivity contribution in [2.24, 2.45) is 5.92 Å². The smallest absolute Gasteiger partial charge is 0.341 e. The van der Waals surface area contributed by atoms with E-state index in [1.165, 1.54) is 17.1 Å². The third-order valence-corrected chi connectivity index (χ3v) is 5.28. The molecule has 0 unspecified atom stereocenters. The first-order chi connectivity index (χ1) is 13.4. The van der Waals surface area contributed by atoms with Gasteiger partial charge < -0.3 is 10.0 Å². The molecule has 12 heteroatoms. The average Bonchev–Trinajstić information content (AvgIpc) is 3.14. The molecule has 0 bridgehead atoms. The minimum absolute atomic E-state index is 0.184. The maximum absolute atomic E-state index is 12.7. The number of aryl methyl sites for hydroxylation is 1. The van der Waals surface area contributed by atoms with E-state index in [-0.39, 0.29) is 22.5 Å². The number of rotatable bonds is 4. The number of hydrogen-bond acceptors (Lipinski definition) is 9. The van der Waals surface area contributed by atoms with Crippen LogP contribution in [0.5, 0.6) is 0 Å². The third-order valence-electron chi connectivity index (χ3n) is 4.61. The molecule has 0 atom stereocenters. The summed E-state index contributed by atoms with van der Waals surface area (Å²) in [4.78, 5) is 46.2. The summed E-state index contributed by atoms with van der Waals surface area (Å²) in [7, 11) is 0. The first-order valence-electron chi connectivity index (χ1n) is 8.17. The summed E-state index contributed by atoms with van der Waals surface area (Å²) in [5.41, 5.74) is 1.44. The molecule has 1 aliphatic rings. The van der Waals surface area contributed by atoms with Gasteiger partial charge in [-0.1, -0.05) is 0 Å². The van der Waals surface area contributed by atoms with Crippen molar-refractivity contribution >= 4 is 40.3 Å². The van der Waals surface area contributed by atoms with Gasteiger partial charge in [-0.2, -0.15) is 4.37 Å². The summed E-state index contributed by atoms with van der Waals surface area (Å²) in [6.07, 6.45) is 2.52. The van der Waals surface area contributed by atoms with Crippen molar-refractivity contribution in [3.63, 3.8) is 0 Å². The molecule has 0 saturated carbocycles. The van der Waals surface area contributed by atoms with Crippen LogP contribution in [0.25, 0.3) is 16.2 Å². The van der Waals surface area contributed by atoms with Gasteiger partial charge in [0.2, 0.25) is 16.5 Å². The van der Waals surface area contributed by atoms with E-state index >= 15 is 0 Å². The van der Waals surface area contributed by atoms with Gasteiger partial charge in [0.1, 0.15) is 17.7 Å². The highest BCUT2D eigenvalue weighted by molar-refractivity contribution is 7.08. The normalized spacial score (nSPS) is 14.1. The van der Waals surface area contributed by atoms with Crippen molar-refractivity contribution in [2.45, 2.75) is 6.92 Å². The first kappa shape index (κ1) is 18.0. The minimum Gasteiger partial charge on any atom is -0.477 e. The van der Waals surface area contributed by atoms with Crippen molar-refractivity contribution in [1.82, 2.24) is 24.4 Å². The predicted octanol–water partition coefficient (Wildman–Crippen LogP) is 0.185. The van der Waals surface area contributed by atoms with E-state index in [1.807, 2.05) is 4.90 Å². The molecule has 1 amide bonds. The van der Waals surface area contributed by atoms with E-state index in [0.717, 1.165) is 11.5 Å². The Morgan fingerprint density at radius 3 is 2.71 bits per heavy atom. The quantitative estimate of drug-likeness (QED) is 0.410. The number of hydrogen-bond donors (Lipinski definition) is 3. The second-order valence-corrected chi connectivity index (χ2v) is 7.10. The number of nitrogens with zero attached hydrogens (tertiary/aromatic N) is 5. The Kier molecular flexibility index (Phi) is 4.28. The second kappa shape index (κ2) is 6.65. The molecule has 3 N–H and O–H groups in total. The lowest BCUT2D eigenvalue weighted by Crippen LogP contribution is -2.53. The Bertz CT molecular complexity index is 1150. The van der Waals surface area contributed by atoms with Crippen LogP contribution in [-0.2, 0) is 4.79 Å². The first-order valence-corrected chi connectivity index (χ1v) is 8.94. The van der Waals surface area contributed by atoms with Crippen LogP contribution in [0.3, 0.4) is 0 Å². The molecular weight excluding hydrogens is 388 g/mol. The molecule has 4 heterocycles. The van der Waals surface area contributed by atoms with Crippen molar-refractivity contribution in [3.8, 4) is 5.13 Å². The molecule has 3 aromatic heterocycles. The lowest BCUT2D eigenvalue weighted by molar-refractivity contribution is -0.134. The summed E-state index contributed by atoms with van der Waals surface area (Å²) in [6.45, 7) is 2.42. The van der Waals surface area contributed by atoms with E-state index in [9.17, 15) is 19.5 Å². The van der Waals surface area contributed by atoms with Gasteiger partial charge in [0.15, 0.2) is 5.65 Å². The molecule has 1 aliphatic heterocycles. The zero-order chi connectivity index (χ0) is 20.0. The molecule has 1 fully saturated rings. The Morgan fingerprint density at radius 1 is 1.36 bits per heavy atom. The number of aromatic nitrogens is 4. The topological polar surface area (TPSA) is 151 Å². The fourth-order valence-corrected chi connectivity index (χ4v) is 3.64. The summed E-state index contributed by atoms with van der Waals surface area (Å²) >= 11 is 1.04. The van der Waals surface area contributed by atoms with Crippen molar-refractivity contribution in [3.05, 3.63) is 39.9 Å². The van der Waals surface area contributed by atoms with Gasteiger partial charge in [0, 0.05) is 30.8 Å². The Labute approximate surface area is 161 Å². The minimum atomic E-state index is -1.34. The maximum atomic E-state index is 12.7.